The lowest BCUT2D eigenvalue weighted by Crippen LogP contribution is -2.51. The van der Waals surface area contributed by atoms with Crippen LogP contribution in [0.5, 0.6) is 5.75 Å². The summed E-state index contributed by atoms with van der Waals surface area (Å²) in [5, 5.41) is 3.94. The van der Waals surface area contributed by atoms with E-state index in [1.54, 1.807) is 30.3 Å². The average Bonchev–Trinajstić information content (AvgIpc) is 3.12. The molecule has 0 bridgehead atoms. The van der Waals surface area contributed by atoms with Gasteiger partial charge >= 0.3 is 11.9 Å². The maximum absolute atomic E-state index is 13.5. The first kappa shape index (κ1) is 31.8. The van der Waals surface area contributed by atoms with E-state index in [9.17, 15) is 14.4 Å². The summed E-state index contributed by atoms with van der Waals surface area (Å²) < 4.78 is 16.5. The second-order valence-corrected chi connectivity index (χ2v) is 12.9. The van der Waals surface area contributed by atoms with Crippen molar-refractivity contribution < 1.29 is 28.6 Å². The van der Waals surface area contributed by atoms with Gasteiger partial charge in [-0.15, -0.1) is 0 Å². The van der Waals surface area contributed by atoms with Crippen LogP contribution in [0.2, 0.25) is 10.0 Å². The molecule has 2 aromatic rings. The number of carbonyl (C=O) groups is 3. The van der Waals surface area contributed by atoms with Crippen LogP contribution in [0.25, 0.3) is 0 Å². The van der Waals surface area contributed by atoms with Crippen molar-refractivity contribution in [1.29, 1.82) is 0 Å². The van der Waals surface area contributed by atoms with Crippen molar-refractivity contribution in [3.8, 4) is 5.75 Å². The standard InChI is InChI=1S/C31H39Cl2NO6/c1-29(2,3)40-28(37)31(6)16-15-22(30(31,4)5)26(35)34-25(27(36)38-7)17-19-11-13-20(14-12-19)39-18-21-23(32)9-8-10-24(21)33/h8-14,22,25H,15-18H2,1-7H3,(H,34,35)/t22?,25-,31?/m0/s1. The summed E-state index contributed by atoms with van der Waals surface area (Å²) in [4.78, 5) is 39.3. The van der Waals surface area contributed by atoms with E-state index in [1.165, 1.54) is 7.11 Å². The molecule has 0 saturated heterocycles. The fourth-order valence-electron chi connectivity index (χ4n) is 5.11. The predicted octanol–water partition coefficient (Wildman–Crippen LogP) is 6.56. The van der Waals surface area contributed by atoms with E-state index < -0.39 is 34.4 Å². The van der Waals surface area contributed by atoms with E-state index >= 15 is 0 Å². The van der Waals surface area contributed by atoms with Gasteiger partial charge in [-0.25, -0.2) is 4.79 Å². The van der Waals surface area contributed by atoms with Gasteiger partial charge in [-0.2, -0.15) is 0 Å². The number of hydrogen-bond acceptors (Lipinski definition) is 6. The number of rotatable bonds is 9. The minimum absolute atomic E-state index is 0.206. The molecule has 2 unspecified atom stereocenters. The number of carbonyl (C=O) groups excluding carboxylic acids is 3. The molecular weight excluding hydrogens is 553 g/mol. The van der Waals surface area contributed by atoms with Gasteiger partial charge in [0.05, 0.1) is 12.5 Å². The molecule has 3 atom stereocenters. The lowest BCUT2D eigenvalue weighted by molar-refractivity contribution is -0.173. The predicted molar refractivity (Wildman–Crippen MR) is 155 cm³/mol. The Morgan fingerprint density at radius 3 is 2.17 bits per heavy atom. The Balaban J connectivity index is 1.68. The summed E-state index contributed by atoms with van der Waals surface area (Å²) >= 11 is 12.4. The minimum atomic E-state index is -0.893. The topological polar surface area (TPSA) is 90.9 Å². The zero-order valence-corrected chi connectivity index (χ0v) is 25.7. The lowest BCUT2D eigenvalue weighted by Gasteiger charge is -2.40. The summed E-state index contributed by atoms with van der Waals surface area (Å²) in [5.74, 6) is -1.03. The van der Waals surface area contributed by atoms with Gasteiger partial charge < -0.3 is 19.5 Å². The summed E-state index contributed by atoms with van der Waals surface area (Å²) in [6, 6.07) is 11.6. The molecule has 1 N–H and O–H groups in total. The molecule has 0 radical (unpaired) electrons. The molecule has 2 aromatic carbocycles. The maximum Gasteiger partial charge on any atom is 0.328 e. The normalized spacial score (nSPS) is 20.9. The smallest absolute Gasteiger partial charge is 0.328 e. The van der Waals surface area contributed by atoms with Crippen molar-refractivity contribution in [2.45, 2.75) is 79.1 Å². The van der Waals surface area contributed by atoms with E-state index in [0.29, 0.717) is 34.2 Å². The molecule has 40 heavy (non-hydrogen) atoms. The quantitative estimate of drug-likeness (QED) is 0.332. The number of nitrogens with one attached hydrogen (secondary N) is 1. The lowest BCUT2D eigenvalue weighted by atomic mass is 9.65. The summed E-state index contributed by atoms with van der Waals surface area (Å²) in [6.07, 6.45) is 1.24. The Hall–Kier alpha value is -2.77. The Labute approximate surface area is 246 Å². The molecule has 1 saturated carbocycles. The number of esters is 2. The highest BCUT2D eigenvalue weighted by atomic mass is 35.5. The zero-order valence-electron chi connectivity index (χ0n) is 24.2. The van der Waals surface area contributed by atoms with Crippen LogP contribution < -0.4 is 10.1 Å². The van der Waals surface area contributed by atoms with Crippen molar-refractivity contribution in [2.75, 3.05) is 7.11 Å². The van der Waals surface area contributed by atoms with Gasteiger partial charge in [-0.3, -0.25) is 9.59 Å². The van der Waals surface area contributed by atoms with Crippen LogP contribution in [0.3, 0.4) is 0 Å². The van der Waals surface area contributed by atoms with Gasteiger partial charge in [-0.1, -0.05) is 55.2 Å². The number of benzene rings is 2. The Morgan fingerprint density at radius 1 is 1.02 bits per heavy atom. The Bertz CT molecular complexity index is 1220. The van der Waals surface area contributed by atoms with Crippen molar-refractivity contribution in [2.24, 2.45) is 16.7 Å². The van der Waals surface area contributed by atoms with E-state index in [2.05, 4.69) is 5.32 Å². The molecule has 1 amide bonds. The molecule has 7 nitrogen and oxygen atoms in total. The number of halogens is 2. The maximum atomic E-state index is 13.5. The molecule has 218 valence electrons. The van der Waals surface area contributed by atoms with Gasteiger partial charge in [0.1, 0.15) is 24.0 Å². The van der Waals surface area contributed by atoms with Crippen LogP contribution >= 0.6 is 23.2 Å². The first-order valence-corrected chi connectivity index (χ1v) is 14.1. The molecule has 0 aliphatic heterocycles. The third-order valence-corrected chi connectivity index (χ3v) is 8.71. The molecule has 0 aromatic heterocycles. The second-order valence-electron chi connectivity index (χ2n) is 12.1. The van der Waals surface area contributed by atoms with Crippen molar-refractivity contribution in [3.05, 3.63) is 63.6 Å². The van der Waals surface area contributed by atoms with Gasteiger partial charge in [0.25, 0.3) is 0 Å². The van der Waals surface area contributed by atoms with Crippen LogP contribution in [0.1, 0.15) is 65.5 Å². The second kappa shape index (κ2) is 12.4. The van der Waals surface area contributed by atoms with E-state index in [4.69, 9.17) is 37.4 Å². The Kier molecular flexibility index (Phi) is 9.84. The van der Waals surface area contributed by atoms with Crippen LogP contribution in [0.15, 0.2) is 42.5 Å². The van der Waals surface area contributed by atoms with Crippen LogP contribution in [-0.2, 0) is 36.9 Å². The van der Waals surface area contributed by atoms with E-state index in [1.807, 2.05) is 53.7 Å². The highest BCUT2D eigenvalue weighted by Gasteiger charge is 2.59. The molecule has 1 aliphatic carbocycles. The van der Waals surface area contributed by atoms with Crippen LogP contribution in [0, 0.1) is 16.7 Å². The first-order chi connectivity index (χ1) is 18.6. The molecule has 0 heterocycles. The molecular formula is C31H39Cl2NO6. The number of methoxy groups -OCH3 is 1. The molecule has 1 aliphatic rings. The fraction of sp³-hybridized carbons (Fsp3) is 0.516. The Morgan fingerprint density at radius 2 is 1.62 bits per heavy atom. The zero-order chi connectivity index (χ0) is 29.9. The SMILES string of the molecule is COC(=O)[C@H](Cc1ccc(OCc2c(Cl)cccc2Cl)cc1)NC(=O)C1CCC(C)(C(=O)OC(C)(C)C)C1(C)C. The molecule has 0 spiro atoms. The molecule has 1 fully saturated rings. The average molecular weight is 593 g/mol. The summed E-state index contributed by atoms with van der Waals surface area (Å²) in [5.41, 5.74) is -0.657. The van der Waals surface area contributed by atoms with Gasteiger partial charge in [0.2, 0.25) is 5.91 Å². The monoisotopic (exact) mass is 591 g/mol. The van der Waals surface area contributed by atoms with Crippen molar-refractivity contribution in [3.63, 3.8) is 0 Å². The van der Waals surface area contributed by atoms with E-state index in [0.717, 1.165) is 5.56 Å². The van der Waals surface area contributed by atoms with Crippen LogP contribution in [-0.4, -0.2) is 36.6 Å². The minimum Gasteiger partial charge on any atom is -0.489 e. The molecule has 9 heteroatoms. The van der Waals surface area contributed by atoms with Crippen molar-refractivity contribution >= 4 is 41.0 Å². The number of hydrogen-bond donors (Lipinski definition) is 1. The molecule has 3 rings (SSSR count). The van der Waals surface area contributed by atoms with Gasteiger partial charge in [0.15, 0.2) is 0 Å². The number of ether oxygens (including phenoxy) is 3. The summed E-state index contributed by atoms with van der Waals surface area (Å²) in [6.45, 7) is 11.4. The van der Waals surface area contributed by atoms with Gasteiger partial charge in [0, 0.05) is 27.9 Å². The number of amides is 1. The van der Waals surface area contributed by atoms with Gasteiger partial charge in [-0.05, 0) is 75.8 Å². The largest absolute Gasteiger partial charge is 0.489 e. The van der Waals surface area contributed by atoms with E-state index in [-0.39, 0.29) is 24.9 Å². The summed E-state index contributed by atoms with van der Waals surface area (Å²) in [7, 11) is 1.29. The van der Waals surface area contributed by atoms with Crippen molar-refractivity contribution in [1.82, 2.24) is 5.32 Å². The third kappa shape index (κ3) is 7.10. The third-order valence-electron chi connectivity index (χ3n) is 8.00. The highest BCUT2D eigenvalue weighted by Crippen LogP contribution is 2.57. The van der Waals surface area contributed by atoms with Crippen LogP contribution in [0.4, 0.5) is 0 Å². The highest BCUT2D eigenvalue weighted by molar-refractivity contribution is 6.35. The first-order valence-electron chi connectivity index (χ1n) is 13.4. The fourth-order valence-corrected chi connectivity index (χ4v) is 5.61.